The second kappa shape index (κ2) is 6.08. The number of esters is 1. The van der Waals surface area contributed by atoms with Crippen molar-refractivity contribution in [3.05, 3.63) is 57.4 Å². The Hall–Kier alpha value is -2.52. The second-order valence-electron chi connectivity index (χ2n) is 4.52. The Kier molecular flexibility index (Phi) is 4.38. The van der Waals surface area contributed by atoms with Crippen molar-refractivity contribution in [3.63, 3.8) is 0 Å². The number of carbonyl (C=O) groups excluding carboxylic acids is 1. The zero-order valence-electron chi connectivity index (χ0n) is 11.8. The highest BCUT2D eigenvalue weighted by atomic mass is 35.5. The van der Waals surface area contributed by atoms with E-state index in [9.17, 15) is 14.4 Å². The summed E-state index contributed by atoms with van der Waals surface area (Å²) in [4.78, 5) is 12.1. The van der Waals surface area contributed by atoms with E-state index in [0.29, 0.717) is 0 Å². The Balaban J connectivity index is 2.77. The van der Waals surface area contributed by atoms with Crippen LogP contribution in [-0.2, 0) is 14.3 Å². The summed E-state index contributed by atoms with van der Waals surface area (Å²) in [7, 11) is 1.18. The number of benzene rings is 1. The highest BCUT2D eigenvalue weighted by molar-refractivity contribution is 6.31. The predicted octanol–water partition coefficient (Wildman–Crippen LogP) is 2.73. The van der Waals surface area contributed by atoms with Gasteiger partial charge < -0.3 is 15.2 Å². The van der Waals surface area contributed by atoms with E-state index in [2.05, 4.69) is 0 Å². The first-order valence-corrected chi connectivity index (χ1v) is 6.60. The van der Waals surface area contributed by atoms with Crippen molar-refractivity contribution in [2.45, 2.75) is 12.8 Å². The molecule has 0 aliphatic carbocycles. The highest BCUT2D eigenvalue weighted by Gasteiger charge is 2.38. The standard InChI is InChI=1S/C15H12ClFN2O3/c1-7-11(15(20)21-2)12(8(6-18)14(19)22-7)13-9(16)4-3-5-10(13)17/h3-5,12H,19H2,1-2H3/t12-/m0/s1. The molecule has 2 rings (SSSR count). The average molecular weight is 323 g/mol. The van der Waals surface area contributed by atoms with Crippen LogP contribution < -0.4 is 5.73 Å². The molecule has 1 atom stereocenters. The molecule has 2 N–H and O–H groups in total. The summed E-state index contributed by atoms with van der Waals surface area (Å²) in [5.41, 5.74) is 5.56. The lowest BCUT2D eigenvalue weighted by Gasteiger charge is -2.27. The van der Waals surface area contributed by atoms with Crippen molar-refractivity contribution >= 4 is 17.6 Å². The summed E-state index contributed by atoms with van der Waals surface area (Å²) in [6, 6.07) is 5.92. The molecule has 0 amide bonds. The number of ether oxygens (including phenoxy) is 2. The molecule has 0 aromatic heterocycles. The molecule has 7 heteroatoms. The van der Waals surface area contributed by atoms with Crippen LogP contribution in [0.1, 0.15) is 18.4 Å². The van der Waals surface area contributed by atoms with Crippen LogP contribution in [0.4, 0.5) is 4.39 Å². The van der Waals surface area contributed by atoms with Gasteiger partial charge in [0.05, 0.1) is 18.6 Å². The molecular weight excluding hydrogens is 311 g/mol. The van der Waals surface area contributed by atoms with E-state index < -0.39 is 17.7 Å². The summed E-state index contributed by atoms with van der Waals surface area (Å²) in [6.07, 6.45) is 0. The Morgan fingerprint density at radius 3 is 2.77 bits per heavy atom. The molecule has 0 saturated carbocycles. The molecule has 0 unspecified atom stereocenters. The summed E-state index contributed by atoms with van der Waals surface area (Å²) >= 11 is 6.07. The lowest BCUT2D eigenvalue weighted by molar-refractivity contribution is -0.136. The Morgan fingerprint density at radius 2 is 2.23 bits per heavy atom. The molecule has 0 bridgehead atoms. The van der Waals surface area contributed by atoms with Crippen LogP contribution in [0.15, 0.2) is 41.0 Å². The number of halogens is 2. The fourth-order valence-corrected chi connectivity index (χ4v) is 2.60. The van der Waals surface area contributed by atoms with E-state index in [0.717, 1.165) is 0 Å². The number of methoxy groups -OCH3 is 1. The third-order valence-electron chi connectivity index (χ3n) is 3.30. The number of nitrogens with two attached hydrogens (primary N) is 1. The van der Waals surface area contributed by atoms with Gasteiger partial charge in [-0.25, -0.2) is 9.18 Å². The van der Waals surface area contributed by atoms with Crippen LogP contribution in [0.5, 0.6) is 0 Å². The van der Waals surface area contributed by atoms with Gasteiger partial charge in [0.2, 0.25) is 5.88 Å². The first-order chi connectivity index (χ1) is 10.4. The van der Waals surface area contributed by atoms with Crippen molar-refractivity contribution in [2.75, 3.05) is 7.11 Å². The molecule has 1 heterocycles. The first kappa shape index (κ1) is 15.9. The number of hydrogen-bond donors (Lipinski definition) is 1. The summed E-state index contributed by atoms with van der Waals surface area (Å²) in [5.74, 6) is -2.55. The van der Waals surface area contributed by atoms with Crippen molar-refractivity contribution in [1.29, 1.82) is 5.26 Å². The third-order valence-corrected chi connectivity index (χ3v) is 3.63. The molecule has 1 aromatic rings. The minimum Gasteiger partial charge on any atom is -0.466 e. The Morgan fingerprint density at radius 1 is 1.55 bits per heavy atom. The smallest absolute Gasteiger partial charge is 0.338 e. The number of hydrogen-bond acceptors (Lipinski definition) is 5. The van der Waals surface area contributed by atoms with Crippen LogP contribution in [-0.4, -0.2) is 13.1 Å². The summed E-state index contributed by atoms with van der Waals surface area (Å²) in [6.45, 7) is 1.48. The summed E-state index contributed by atoms with van der Waals surface area (Å²) < 4.78 is 24.2. The monoisotopic (exact) mass is 322 g/mol. The van der Waals surface area contributed by atoms with Gasteiger partial charge in [-0.05, 0) is 19.1 Å². The third kappa shape index (κ3) is 2.51. The number of rotatable bonds is 2. The van der Waals surface area contributed by atoms with E-state index in [4.69, 9.17) is 26.8 Å². The Labute approximate surface area is 131 Å². The minimum absolute atomic E-state index is 0.0137. The van der Waals surface area contributed by atoms with Crippen LogP contribution in [0.3, 0.4) is 0 Å². The Bertz CT molecular complexity index is 729. The molecule has 1 aromatic carbocycles. The van der Waals surface area contributed by atoms with Crippen LogP contribution in [0.2, 0.25) is 5.02 Å². The van der Waals surface area contributed by atoms with E-state index in [1.807, 2.05) is 6.07 Å². The lowest BCUT2D eigenvalue weighted by atomic mass is 9.83. The largest absolute Gasteiger partial charge is 0.466 e. The number of nitrogens with zero attached hydrogens (tertiary/aromatic N) is 1. The molecule has 0 saturated heterocycles. The zero-order chi connectivity index (χ0) is 16.4. The number of nitriles is 1. The van der Waals surface area contributed by atoms with Gasteiger partial charge in [-0.1, -0.05) is 17.7 Å². The number of carbonyl (C=O) groups is 1. The van der Waals surface area contributed by atoms with Crippen molar-refractivity contribution in [1.82, 2.24) is 0 Å². The van der Waals surface area contributed by atoms with Gasteiger partial charge in [-0.2, -0.15) is 5.26 Å². The maximum atomic E-state index is 14.3. The molecule has 1 aliphatic rings. The summed E-state index contributed by atoms with van der Waals surface area (Å²) in [5, 5.41) is 9.40. The fraction of sp³-hybridized carbons (Fsp3) is 0.200. The van der Waals surface area contributed by atoms with Crippen molar-refractivity contribution in [2.24, 2.45) is 5.73 Å². The van der Waals surface area contributed by atoms with Gasteiger partial charge in [0.1, 0.15) is 23.2 Å². The van der Waals surface area contributed by atoms with Gasteiger partial charge in [0.15, 0.2) is 0 Å². The normalized spacial score (nSPS) is 17.9. The zero-order valence-corrected chi connectivity index (χ0v) is 12.6. The van der Waals surface area contributed by atoms with Crippen LogP contribution in [0, 0.1) is 17.1 Å². The molecule has 0 fully saturated rings. The van der Waals surface area contributed by atoms with Crippen molar-refractivity contribution in [3.8, 4) is 6.07 Å². The van der Waals surface area contributed by atoms with Gasteiger partial charge >= 0.3 is 5.97 Å². The van der Waals surface area contributed by atoms with Crippen LogP contribution >= 0.6 is 11.6 Å². The molecule has 114 valence electrons. The minimum atomic E-state index is -1.08. The molecule has 0 radical (unpaired) electrons. The topological polar surface area (TPSA) is 85.3 Å². The van der Waals surface area contributed by atoms with E-state index in [-0.39, 0.29) is 33.4 Å². The van der Waals surface area contributed by atoms with Gasteiger partial charge in [0.25, 0.3) is 0 Å². The first-order valence-electron chi connectivity index (χ1n) is 6.23. The maximum Gasteiger partial charge on any atom is 0.338 e. The quantitative estimate of drug-likeness (QED) is 0.846. The predicted molar refractivity (Wildman–Crippen MR) is 76.8 cm³/mol. The molecule has 1 aliphatic heterocycles. The van der Waals surface area contributed by atoms with Gasteiger partial charge in [-0.3, -0.25) is 0 Å². The average Bonchev–Trinajstić information content (AvgIpc) is 2.46. The maximum absolute atomic E-state index is 14.3. The van der Waals surface area contributed by atoms with Gasteiger partial charge in [-0.15, -0.1) is 0 Å². The van der Waals surface area contributed by atoms with Crippen molar-refractivity contribution < 1.29 is 18.7 Å². The SMILES string of the molecule is COC(=O)C1=C(C)OC(N)=C(C#N)[C@@H]1c1c(F)cccc1Cl. The number of allylic oxidation sites excluding steroid dienone is 2. The molecule has 22 heavy (non-hydrogen) atoms. The molecular formula is C15H12ClFN2O3. The highest BCUT2D eigenvalue weighted by Crippen LogP contribution is 2.42. The van der Waals surface area contributed by atoms with Crippen LogP contribution in [0.25, 0.3) is 0 Å². The lowest BCUT2D eigenvalue weighted by Crippen LogP contribution is -2.25. The fourth-order valence-electron chi connectivity index (χ4n) is 2.33. The van der Waals surface area contributed by atoms with Gasteiger partial charge in [0, 0.05) is 10.6 Å². The molecule has 5 nitrogen and oxygen atoms in total. The second-order valence-corrected chi connectivity index (χ2v) is 4.93. The van der Waals surface area contributed by atoms with E-state index in [1.54, 1.807) is 0 Å². The van der Waals surface area contributed by atoms with E-state index >= 15 is 0 Å². The van der Waals surface area contributed by atoms with E-state index in [1.165, 1.54) is 32.2 Å². The molecule has 0 spiro atoms.